The van der Waals surface area contributed by atoms with E-state index in [1.54, 1.807) is 0 Å². The van der Waals surface area contributed by atoms with Crippen LogP contribution in [0.25, 0.3) is 0 Å². The molecule has 0 aliphatic carbocycles. The number of rotatable bonds is 5. The lowest BCUT2D eigenvalue weighted by molar-refractivity contribution is 0.0950. The van der Waals surface area contributed by atoms with Gasteiger partial charge < -0.3 is 15.5 Å². The summed E-state index contributed by atoms with van der Waals surface area (Å²) in [6.07, 6.45) is 1.82. The minimum atomic E-state index is -0.374. The second-order valence-corrected chi connectivity index (χ2v) is 5.44. The number of alkyl halides is 1. The quantitative estimate of drug-likeness (QED) is 0.444. The Labute approximate surface area is 109 Å². The lowest BCUT2D eigenvalue weighted by Crippen LogP contribution is -2.24. The molecule has 94 valence electrons. The summed E-state index contributed by atoms with van der Waals surface area (Å²) in [5.41, 5.74) is 0.0943. The summed E-state index contributed by atoms with van der Waals surface area (Å²) >= 11 is 3.42. The van der Waals surface area contributed by atoms with Gasteiger partial charge in [-0.2, -0.15) is 0 Å². The smallest absolute Gasteiger partial charge is 0.255 e. The average Bonchev–Trinajstić information content (AvgIpc) is 2.27. The molecule has 1 unspecified atom stereocenters. The van der Waals surface area contributed by atoms with Gasteiger partial charge in [0, 0.05) is 11.4 Å². The van der Waals surface area contributed by atoms with Crippen LogP contribution < -0.4 is 5.32 Å². The Morgan fingerprint density at radius 3 is 2.82 bits per heavy atom. The van der Waals surface area contributed by atoms with E-state index in [-0.39, 0.29) is 23.0 Å². The summed E-state index contributed by atoms with van der Waals surface area (Å²) in [7, 11) is 0. The van der Waals surface area contributed by atoms with Gasteiger partial charge in [0.05, 0.1) is 5.56 Å². The van der Waals surface area contributed by atoms with Gasteiger partial charge in [0.15, 0.2) is 0 Å². The summed E-state index contributed by atoms with van der Waals surface area (Å²) in [4.78, 5) is 12.1. The fraction of sp³-hybridized carbons (Fsp3) is 0.417. The maximum Gasteiger partial charge on any atom is 0.255 e. The van der Waals surface area contributed by atoms with Crippen molar-refractivity contribution in [3.8, 4) is 11.5 Å². The fourth-order valence-electron chi connectivity index (χ4n) is 1.39. The van der Waals surface area contributed by atoms with E-state index in [9.17, 15) is 15.0 Å². The first-order valence-electron chi connectivity index (χ1n) is 5.45. The Hall–Kier alpha value is -1.23. The highest BCUT2D eigenvalue weighted by Gasteiger charge is 2.11. The van der Waals surface area contributed by atoms with Crippen molar-refractivity contribution in [1.82, 2.24) is 5.32 Å². The molecule has 0 saturated carbocycles. The van der Waals surface area contributed by atoms with Crippen molar-refractivity contribution in [2.45, 2.75) is 24.6 Å². The molecule has 4 nitrogen and oxygen atoms in total. The maximum atomic E-state index is 11.7. The van der Waals surface area contributed by atoms with Gasteiger partial charge in [0.25, 0.3) is 5.91 Å². The molecule has 17 heavy (non-hydrogen) atoms. The van der Waals surface area contributed by atoms with Gasteiger partial charge in [-0.05, 0) is 31.0 Å². The molecule has 0 bridgehead atoms. The number of phenols is 2. The van der Waals surface area contributed by atoms with Gasteiger partial charge in [0.1, 0.15) is 11.5 Å². The maximum absolute atomic E-state index is 11.7. The summed E-state index contributed by atoms with van der Waals surface area (Å²) in [5.74, 6) is -0.545. The van der Waals surface area contributed by atoms with E-state index in [2.05, 4.69) is 21.2 Å². The molecule has 1 rings (SSSR count). The zero-order chi connectivity index (χ0) is 12.8. The molecule has 0 radical (unpaired) electrons. The molecular weight excluding hydrogens is 286 g/mol. The molecule has 0 saturated heterocycles. The molecule has 1 amide bonds. The van der Waals surface area contributed by atoms with Crippen molar-refractivity contribution >= 4 is 21.8 Å². The Bertz CT molecular complexity index is 393. The number of carbonyl (C=O) groups excluding carboxylic acids is 1. The van der Waals surface area contributed by atoms with Gasteiger partial charge in [-0.3, -0.25) is 4.79 Å². The van der Waals surface area contributed by atoms with E-state index in [0.717, 1.165) is 12.8 Å². The van der Waals surface area contributed by atoms with Crippen LogP contribution in [0, 0.1) is 0 Å². The van der Waals surface area contributed by atoms with Crippen molar-refractivity contribution < 1.29 is 15.0 Å². The number of halogens is 1. The molecule has 5 heteroatoms. The van der Waals surface area contributed by atoms with E-state index in [0.29, 0.717) is 11.4 Å². The van der Waals surface area contributed by atoms with Crippen LogP contribution >= 0.6 is 15.9 Å². The number of amides is 1. The number of carbonyl (C=O) groups is 1. The van der Waals surface area contributed by atoms with Crippen molar-refractivity contribution in [3.05, 3.63) is 23.8 Å². The van der Waals surface area contributed by atoms with E-state index >= 15 is 0 Å². The van der Waals surface area contributed by atoms with Crippen molar-refractivity contribution in [2.24, 2.45) is 0 Å². The topological polar surface area (TPSA) is 69.6 Å². The van der Waals surface area contributed by atoms with Crippen molar-refractivity contribution in [2.75, 3.05) is 6.54 Å². The van der Waals surface area contributed by atoms with E-state index in [1.165, 1.54) is 18.2 Å². The monoisotopic (exact) mass is 301 g/mol. The molecule has 0 aliphatic rings. The predicted molar refractivity (Wildman–Crippen MR) is 69.7 cm³/mol. The second-order valence-electron chi connectivity index (χ2n) is 3.88. The van der Waals surface area contributed by atoms with Gasteiger partial charge in [0.2, 0.25) is 0 Å². The van der Waals surface area contributed by atoms with Crippen LogP contribution in [-0.4, -0.2) is 27.5 Å². The zero-order valence-corrected chi connectivity index (χ0v) is 11.2. The first-order valence-corrected chi connectivity index (χ1v) is 6.36. The summed E-state index contributed by atoms with van der Waals surface area (Å²) < 4.78 is 0. The molecule has 1 atom stereocenters. The van der Waals surface area contributed by atoms with Crippen LogP contribution in [-0.2, 0) is 0 Å². The van der Waals surface area contributed by atoms with Gasteiger partial charge in [-0.15, -0.1) is 0 Å². The van der Waals surface area contributed by atoms with Crippen molar-refractivity contribution in [3.63, 3.8) is 0 Å². The Morgan fingerprint density at radius 2 is 2.18 bits per heavy atom. The number of phenolic OH excluding ortho intramolecular Hbond substituents is 2. The number of benzene rings is 1. The van der Waals surface area contributed by atoms with E-state index in [1.807, 2.05) is 6.92 Å². The minimum Gasteiger partial charge on any atom is -0.508 e. The van der Waals surface area contributed by atoms with E-state index in [4.69, 9.17) is 0 Å². The Kier molecular flexibility index (Phi) is 5.28. The highest BCUT2D eigenvalue weighted by Crippen LogP contribution is 2.21. The van der Waals surface area contributed by atoms with Crippen LogP contribution in [0.5, 0.6) is 11.5 Å². The lowest BCUT2D eigenvalue weighted by Gasteiger charge is -2.07. The van der Waals surface area contributed by atoms with E-state index < -0.39 is 0 Å². The third-order valence-electron chi connectivity index (χ3n) is 2.29. The molecule has 0 heterocycles. The average molecular weight is 302 g/mol. The highest BCUT2D eigenvalue weighted by molar-refractivity contribution is 9.09. The molecule has 1 aromatic rings. The number of hydrogen-bond acceptors (Lipinski definition) is 3. The van der Waals surface area contributed by atoms with Gasteiger partial charge >= 0.3 is 0 Å². The molecule has 0 fully saturated rings. The number of hydrogen-bond donors (Lipinski definition) is 3. The lowest BCUT2D eigenvalue weighted by atomic mass is 10.1. The minimum absolute atomic E-state index is 0.0398. The summed E-state index contributed by atoms with van der Waals surface area (Å²) in [6.45, 7) is 2.59. The SMILES string of the molecule is CC(Br)CCCNC(=O)c1cc(O)ccc1O. The Morgan fingerprint density at radius 1 is 1.47 bits per heavy atom. The Balaban J connectivity index is 2.49. The van der Waals surface area contributed by atoms with Crippen LogP contribution in [0.15, 0.2) is 18.2 Å². The van der Waals surface area contributed by atoms with Crippen LogP contribution in [0.3, 0.4) is 0 Å². The highest BCUT2D eigenvalue weighted by atomic mass is 79.9. The van der Waals surface area contributed by atoms with Crippen LogP contribution in [0.4, 0.5) is 0 Å². The molecule has 0 aliphatic heterocycles. The zero-order valence-electron chi connectivity index (χ0n) is 9.61. The normalized spacial score (nSPS) is 12.1. The molecule has 3 N–H and O–H groups in total. The largest absolute Gasteiger partial charge is 0.508 e. The molecule has 0 aromatic heterocycles. The molecule has 0 spiro atoms. The third-order valence-corrected chi connectivity index (χ3v) is 2.75. The van der Waals surface area contributed by atoms with Crippen LogP contribution in [0.2, 0.25) is 0 Å². The summed E-state index contributed by atoms with van der Waals surface area (Å²) in [6, 6.07) is 3.88. The number of aromatic hydroxyl groups is 2. The van der Waals surface area contributed by atoms with Gasteiger partial charge in [-0.25, -0.2) is 0 Å². The summed E-state index contributed by atoms with van der Waals surface area (Å²) in [5, 5.41) is 21.4. The predicted octanol–water partition coefficient (Wildman–Crippen LogP) is 2.39. The standard InChI is InChI=1S/C12H16BrNO3/c1-8(13)3-2-6-14-12(17)10-7-9(15)4-5-11(10)16/h4-5,7-8,15-16H,2-3,6H2,1H3,(H,14,17). The van der Waals surface area contributed by atoms with Crippen LogP contribution in [0.1, 0.15) is 30.1 Å². The van der Waals surface area contributed by atoms with Gasteiger partial charge in [-0.1, -0.05) is 22.9 Å². The second kappa shape index (κ2) is 6.49. The number of nitrogens with one attached hydrogen (secondary N) is 1. The first kappa shape index (κ1) is 13.8. The fourth-order valence-corrected chi connectivity index (χ4v) is 1.71. The third kappa shape index (κ3) is 4.65. The molecule has 1 aromatic carbocycles. The van der Waals surface area contributed by atoms with Crippen molar-refractivity contribution in [1.29, 1.82) is 0 Å². The molecular formula is C12H16BrNO3. The first-order chi connectivity index (χ1) is 8.00.